The molecule has 0 spiro atoms. The Kier molecular flexibility index (Phi) is 7.56. The van der Waals surface area contributed by atoms with Gasteiger partial charge in [0.25, 0.3) is 0 Å². The number of amides is 2. The van der Waals surface area contributed by atoms with Crippen LogP contribution in [0.1, 0.15) is 57.2 Å². The standard InChI is InChI=1S/C22H30N6O2S/c29-20-10-4-3-7-14-27(20)16-19-24-25-22(28(19)18-9-8-11-23-15-18)31-17-21(30)26-12-5-1-2-6-13-26/h8-9,11,15H,1-7,10,12-14,16-17H2. The topological polar surface area (TPSA) is 84.2 Å². The number of carbonyl (C=O) groups excluding carboxylic acids is 2. The predicted octanol–water partition coefficient (Wildman–Crippen LogP) is 3.06. The van der Waals surface area contributed by atoms with E-state index in [0.717, 1.165) is 57.4 Å². The van der Waals surface area contributed by atoms with Crippen molar-refractivity contribution < 1.29 is 9.59 Å². The van der Waals surface area contributed by atoms with Gasteiger partial charge in [0.2, 0.25) is 11.8 Å². The van der Waals surface area contributed by atoms with Gasteiger partial charge in [0, 0.05) is 32.3 Å². The molecule has 2 aliphatic rings. The van der Waals surface area contributed by atoms with Crippen molar-refractivity contribution in [2.24, 2.45) is 0 Å². The summed E-state index contributed by atoms with van der Waals surface area (Å²) in [6.07, 6.45) is 11.7. The molecule has 2 saturated heterocycles. The molecule has 2 amide bonds. The summed E-state index contributed by atoms with van der Waals surface area (Å²) in [6.45, 7) is 2.85. The first-order valence-corrected chi connectivity index (χ1v) is 12.2. The lowest BCUT2D eigenvalue weighted by Crippen LogP contribution is -2.33. The van der Waals surface area contributed by atoms with Crippen LogP contribution in [0.4, 0.5) is 0 Å². The minimum absolute atomic E-state index is 0.150. The van der Waals surface area contributed by atoms with E-state index in [4.69, 9.17) is 0 Å². The number of aromatic nitrogens is 4. The van der Waals surface area contributed by atoms with Crippen LogP contribution in [0.5, 0.6) is 0 Å². The fraction of sp³-hybridized carbons (Fsp3) is 0.591. The quantitative estimate of drug-likeness (QED) is 0.640. The van der Waals surface area contributed by atoms with Crippen LogP contribution in [0.15, 0.2) is 29.7 Å². The highest BCUT2D eigenvalue weighted by Crippen LogP contribution is 2.24. The van der Waals surface area contributed by atoms with Crippen molar-refractivity contribution in [2.75, 3.05) is 25.4 Å². The van der Waals surface area contributed by atoms with Gasteiger partial charge in [-0.3, -0.25) is 19.1 Å². The van der Waals surface area contributed by atoms with E-state index in [-0.39, 0.29) is 11.8 Å². The Labute approximate surface area is 187 Å². The summed E-state index contributed by atoms with van der Waals surface area (Å²) in [5, 5.41) is 9.44. The fourth-order valence-electron chi connectivity index (χ4n) is 4.16. The molecule has 0 saturated carbocycles. The smallest absolute Gasteiger partial charge is 0.233 e. The largest absolute Gasteiger partial charge is 0.342 e. The van der Waals surface area contributed by atoms with Crippen molar-refractivity contribution >= 4 is 23.6 Å². The third-order valence-electron chi connectivity index (χ3n) is 5.89. The summed E-state index contributed by atoms with van der Waals surface area (Å²) in [5.74, 6) is 1.36. The molecule has 2 aromatic heterocycles. The summed E-state index contributed by atoms with van der Waals surface area (Å²) in [6, 6.07) is 3.82. The van der Waals surface area contributed by atoms with Crippen molar-refractivity contribution in [3.63, 3.8) is 0 Å². The van der Waals surface area contributed by atoms with Crippen LogP contribution >= 0.6 is 11.8 Å². The first kappa shape index (κ1) is 21.8. The lowest BCUT2D eigenvalue weighted by Gasteiger charge is -2.21. The minimum atomic E-state index is 0.150. The highest BCUT2D eigenvalue weighted by atomic mass is 32.2. The van der Waals surface area contributed by atoms with Gasteiger partial charge in [-0.1, -0.05) is 31.0 Å². The second-order valence-corrected chi connectivity index (χ2v) is 9.10. The van der Waals surface area contributed by atoms with Crippen molar-refractivity contribution in [1.82, 2.24) is 29.5 Å². The number of hydrogen-bond donors (Lipinski definition) is 0. The minimum Gasteiger partial charge on any atom is -0.342 e. The molecule has 0 radical (unpaired) electrons. The van der Waals surface area contributed by atoms with Gasteiger partial charge in [-0.25, -0.2) is 0 Å². The highest BCUT2D eigenvalue weighted by Gasteiger charge is 2.23. The summed E-state index contributed by atoms with van der Waals surface area (Å²) in [7, 11) is 0. The summed E-state index contributed by atoms with van der Waals surface area (Å²) in [5.41, 5.74) is 0.842. The van der Waals surface area contributed by atoms with Gasteiger partial charge in [0.15, 0.2) is 11.0 Å². The molecule has 0 aromatic carbocycles. The molecule has 9 heteroatoms. The van der Waals surface area contributed by atoms with Crippen LogP contribution in [0, 0.1) is 0 Å². The molecule has 0 N–H and O–H groups in total. The van der Waals surface area contributed by atoms with E-state index in [2.05, 4.69) is 15.2 Å². The molecule has 4 rings (SSSR count). The van der Waals surface area contributed by atoms with Crippen LogP contribution in [-0.2, 0) is 16.1 Å². The molecular formula is C22H30N6O2S. The SMILES string of the molecule is O=C(CSc1nnc(CN2CCCCCC2=O)n1-c1cccnc1)N1CCCCCC1. The molecule has 4 heterocycles. The zero-order valence-electron chi connectivity index (χ0n) is 17.9. The molecule has 2 aromatic rings. The van der Waals surface area contributed by atoms with E-state index in [1.54, 1.807) is 12.4 Å². The summed E-state index contributed by atoms with van der Waals surface area (Å²) < 4.78 is 1.94. The molecular weight excluding hydrogens is 412 g/mol. The number of thioether (sulfide) groups is 1. The monoisotopic (exact) mass is 442 g/mol. The summed E-state index contributed by atoms with van der Waals surface area (Å²) >= 11 is 1.41. The van der Waals surface area contributed by atoms with E-state index in [9.17, 15) is 9.59 Å². The Bertz CT molecular complexity index is 879. The normalized spacial score (nSPS) is 18.0. The van der Waals surface area contributed by atoms with Crippen molar-refractivity contribution in [1.29, 1.82) is 0 Å². The first-order chi connectivity index (χ1) is 15.2. The highest BCUT2D eigenvalue weighted by molar-refractivity contribution is 7.99. The molecule has 0 atom stereocenters. The van der Waals surface area contributed by atoms with Crippen LogP contribution in [0.3, 0.4) is 0 Å². The maximum absolute atomic E-state index is 12.8. The van der Waals surface area contributed by atoms with Gasteiger partial charge in [-0.05, 0) is 37.8 Å². The van der Waals surface area contributed by atoms with Crippen molar-refractivity contribution in [2.45, 2.75) is 63.1 Å². The number of hydrogen-bond acceptors (Lipinski definition) is 6. The van der Waals surface area contributed by atoms with Crippen LogP contribution in [0.25, 0.3) is 5.69 Å². The van der Waals surface area contributed by atoms with Gasteiger partial charge in [-0.2, -0.15) is 0 Å². The van der Waals surface area contributed by atoms with Crippen molar-refractivity contribution in [3.8, 4) is 5.69 Å². The van der Waals surface area contributed by atoms with Crippen LogP contribution in [-0.4, -0.2) is 66.7 Å². The van der Waals surface area contributed by atoms with E-state index in [1.165, 1.54) is 24.6 Å². The zero-order valence-corrected chi connectivity index (χ0v) is 18.7. The van der Waals surface area contributed by atoms with E-state index in [1.807, 2.05) is 26.5 Å². The third kappa shape index (κ3) is 5.64. The van der Waals surface area contributed by atoms with Crippen LogP contribution in [0.2, 0.25) is 0 Å². The van der Waals surface area contributed by atoms with Gasteiger partial charge >= 0.3 is 0 Å². The molecule has 31 heavy (non-hydrogen) atoms. The second-order valence-electron chi connectivity index (χ2n) is 8.16. The average molecular weight is 443 g/mol. The average Bonchev–Trinajstić information content (AvgIpc) is 2.94. The number of rotatable bonds is 6. The predicted molar refractivity (Wildman–Crippen MR) is 119 cm³/mol. The molecule has 166 valence electrons. The third-order valence-corrected chi connectivity index (χ3v) is 6.81. The number of likely N-dealkylation sites (tertiary alicyclic amines) is 2. The molecule has 8 nitrogen and oxygen atoms in total. The maximum atomic E-state index is 12.8. The Morgan fingerprint density at radius 3 is 2.55 bits per heavy atom. The van der Waals surface area contributed by atoms with Crippen LogP contribution < -0.4 is 0 Å². The van der Waals surface area contributed by atoms with Crippen molar-refractivity contribution in [3.05, 3.63) is 30.4 Å². The molecule has 0 unspecified atom stereocenters. The van der Waals surface area contributed by atoms with Gasteiger partial charge in [0.05, 0.1) is 24.2 Å². The maximum Gasteiger partial charge on any atom is 0.233 e. The summed E-state index contributed by atoms with van der Waals surface area (Å²) in [4.78, 5) is 33.3. The Balaban J connectivity index is 1.52. The van der Waals surface area contributed by atoms with E-state index >= 15 is 0 Å². The number of pyridine rings is 1. The van der Waals surface area contributed by atoms with E-state index < -0.39 is 0 Å². The van der Waals surface area contributed by atoms with Gasteiger partial charge in [0.1, 0.15) is 0 Å². The second kappa shape index (κ2) is 10.7. The Morgan fingerprint density at radius 2 is 1.77 bits per heavy atom. The molecule has 2 aliphatic heterocycles. The number of carbonyl (C=O) groups is 2. The van der Waals surface area contributed by atoms with Gasteiger partial charge < -0.3 is 9.80 Å². The molecule has 2 fully saturated rings. The lowest BCUT2D eigenvalue weighted by atomic mass is 10.2. The number of nitrogens with zero attached hydrogens (tertiary/aromatic N) is 6. The van der Waals surface area contributed by atoms with Gasteiger partial charge in [-0.15, -0.1) is 10.2 Å². The lowest BCUT2D eigenvalue weighted by molar-refractivity contribution is -0.131. The molecule has 0 aliphatic carbocycles. The first-order valence-electron chi connectivity index (χ1n) is 11.3. The fourth-order valence-corrected chi connectivity index (χ4v) is 5.03. The Hall–Kier alpha value is -2.42. The Morgan fingerprint density at radius 1 is 1.00 bits per heavy atom. The molecule has 0 bridgehead atoms. The van der Waals surface area contributed by atoms with E-state index in [0.29, 0.717) is 29.7 Å². The zero-order chi connectivity index (χ0) is 21.5.